The Morgan fingerprint density at radius 2 is 2.06 bits per heavy atom. The van der Waals surface area contributed by atoms with E-state index in [0.29, 0.717) is 12.3 Å². The van der Waals surface area contributed by atoms with Crippen LogP contribution in [0.25, 0.3) is 0 Å². The van der Waals surface area contributed by atoms with Crippen LogP contribution in [-0.4, -0.2) is 45.9 Å². The Morgan fingerprint density at radius 1 is 1.38 bits per heavy atom. The summed E-state index contributed by atoms with van der Waals surface area (Å²) in [5.74, 6) is 1.24. The van der Waals surface area contributed by atoms with E-state index in [1.165, 1.54) is 0 Å². The van der Waals surface area contributed by atoms with E-state index < -0.39 is 6.10 Å². The maximum absolute atomic E-state index is 9.17. The van der Waals surface area contributed by atoms with Crippen LogP contribution >= 0.6 is 0 Å². The number of nitrogens with zero attached hydrogens (tertiary/aromatic N) is 3. The average Bonchev–Trinajstić information content (AvgIpc) is 2.66. The molecule has 16 heavy (non-hydrogen) atoms. The van der Waals surface area contributed by atoms with Gasteiger partial charge >= 0.3 is 0 Å². The summed E-state index contributed by atoms with van der Waals surface area (Å²) in [5.41, 5.74) is 0. The first-order valence-corrected chi connectivity index (χ1v) is 5.87. The van der Waals surface area contributed by atoms with Crippen molar-refractivity contribution >= 4 is 0 Å². The summed E-state index contributed by atoms with van der Waals surface area (Å²) < 4.78 is 5.04. The molecule has 1 unspecified atom stereocenters. The van der Waals surface area contributed by atoms with Crippen LogP contribution in [0.5, 0.6) is 0 Å². The van der Waals surface area contributed by atoms with Crippen molar-refractivity contribution in [3.63, 3.8) is 0 Å². The minimum atomic E-state index is -0.434. The maximum atomic E-state index is 9.17. The molecule has 1 heterocycles. The van der Waals surface area contributed by atoms with Crippen molar-refractivity contribution in [2.24, 2.45) is 0 Å². The Morgan fingerprint density at radius 3 is 2.62 bits per heavy atom. The summed E-state index contributed by atoms with van der Waals surface area (Å²) >= 11 is 0. The van der Waals surface area contributed by atoms with E-state index >= 15 is 0 Å². The summed E-state index contributed by atoms with van der Waals surface area (Å²) in [6.45, 7) is 9.00. The van der Waals surface area contributed by atoms with Gasteiger partial charge in [-0.05, 0) is 20.0 Å². The maximum Gasteiger partial charge on any atom is 0.229 e. The molecule has 0 amide bonds. The lowest BCUT2D eigenvalue weighted by Crippen LogP contribution is -2.25. The summed E-state index contributed by atoms with van der Waals surface area (Å²) in [6.07, 6.45) is 0.791. The molecule has 1 atom stereocenters. The van der Waals surface area contributed by atoms with Gasteiger partial charge in [-0.1, -0.05) is 19.0 Å². The van der Waals surface area contributed by atoms with Gasteiger partial charge in [0, 0.05) is 13.0 Å². The summed E-state index contributed by atoms with van der Waals surface area (Å²) in [7, 11) is 0. The minimum Gasteiger partial charge on any atom is -0.393 e. The third kappa shape index (κ3) is 4.28. The van der Waals surface area contributed by atoms with E-state index in [1.807, 2.05) is 0 Å². The van der Waals surface area contributed by atoms with Crippen molar-refractivity contribution in [2.75, 3.05) is 19.6 Å². The number of aliphatic hydroxyl groups is 1. The molecule has 1 aromatic rings. The van der Waals surface area contributed by atoms with E-state index in [-0.39, 0.29) is 0 Å². The summed E-state index contributed by atoms with van der Waals surface area (Å²) in [6, 6.07) is 0. The summed E-state index contributed by atoms with van der Waals surface area (Å²) in [4.78, 5) is 6.54. The Kier molecular flexibility index (Phi) is 5.42. The van der Waals surface area contributed by atoms with Gasteiger partial charge in [0.1, 0.15) is 0 Å². The fraction of sp³-hybridized carbons (Fsp3) is 0.818. The normalized spacial score (nSPS) is 13.3. The number of likely N-dealkylation sites (N-methyl/N-ethyl adjacent to an activating group) is 1. The Bertz CT molecular complexity index is 295. The van der Waals surface area contributed by atoms with Crippen LogP contribution in [-0.2, 0) is 12.8 Å². The molecule has 1 aromatic heterocycles. The van der Waals surface area contributed by atoms with Crippen LogP contribution in [0.15, 0.2) is 4.52 Å². The monoisotopic (exact) mass is 227 g/mol. The van der Waals surface area contributed by atoms with E-state index in [1.54, 1.807) is 6.92 Å². The predicted octanol–water partition coefficient (Wildman–Crippen LogP) is 0.877. The van der Waals surface area contributed by atoms with Crippen LogP contribution in [0.2, 0.25) is 0 Å². The molecule has 0 spiro atoms. The second kappa shape index (κ2) is 6.60. The first-order valence-electron chi connectivity index (χ1n) is 5.87. The highest BCUT2D eigenvalue weighted by Crippen LogP contribution is 2.02. The molecule has 0 aliphatic heterocycles. The molecule has 5 heteroatoms. The Hall–Kier alpha value is -0.940. The van der Waals surface area contributed by atoms with Crippen LogP contribution in [0.3, 0.4) is 0 Å². The fourth-order valence-electron chi connectivity index (χ4n) is 1.53. The van der Waals surface area contributed by atoms with Crippen molar-refractivity contribution in [1.29, 1.82) is 0 Å². The smallest absolute Gasteiger partial charge is 0.229 e. The second-order valence-electron chi connectivity index (χ2n) is 3.93. The molecule has 0 aliphatic rings. The van der Waals surface area contributed by atoms with Gasteiger partial charge in [-0.3, -0.25) is 0 Å². The molecular formula is C11H21N3O2. The highest BCUT2D eigenvalue weighted by molar-refractivity contribution is 4.88. The fourth-order valence-corrected chi connectivity index (χ4v) is 1.53. The molecule has 92 valence electrons. The summed E-state index contributed by atoms with van der Waals surface area (Å²) in [5, 5.41) is 13.1. The standard InChI is InChI=1S/C11H21N3O2/c1-4-14(5-2)7-6-10-12-11(16-13-10)8-9(3)15/h9,15H,4-8H2,1-3H3. The van der Waals surface area contributed by atoms with E-state index in [4.69, 9.17) is 4.52 Å². The van der Waals surface area contributed by atoms with Crippen molar-refractivity contribution in [2.45, 2.75) is 39.7 Å². The van der Waals surface area contributed by atoms with Crippen molar-refractivity contribution in [3.8, 4) is 0 Å². The second-order valence-corrected chi connectivity index (χ2v) is 3.93. The number of aromatic nitrogens is 2. The predicted molar refractivity (Wildman–Crippen MR) is 61.2 cm³/mol. The van der Waals surface area contributed by atoms with E-state index in [2.05, 4.69) is 28.9 Å². The van der Waals surface area contributed by atoms with Crippen LogP contribution < -0.4 is 0 Å². The molecule has 0 aromatic carbocycles. The lowest BCUT2D eigenvalue weighted by atomic mass is 10.3. The number of aliphatic hydroxyl groups excluding tert-OH is 1. The van der Waals surface area contributed by atoms with Crippen LogP contribution in [0, 0.1) is 0 Å². The van der Waals surface area contributed by atoms with Crippen molar-refractivity contribution in [3.05, 3.63) is 11.7 Å². The van der Waals surface area contributed by atoms with Gasteiger partial charge < -0.3 is 14.5 Å². The average molecular weight is 227 g/mol. The molecule has 1 N–H and O–H groups in total. The molecule has 0 saturated carbocycles. The molecular weight excluding hydrogens is 206 g/mol. The zero-order valence-electron chi connectivity index (χ0n) is 10.3. The van der Waals surface area contributed by atoms with Gasteiger partial charge in [0.2, 0.25) is 5.89 Å². The molecule has 1 rings (SSSR count). The van der Waals surface area contributed by atoms with Gasteiger partial charge in [-0.15, -0.1) is 0 Å². The van der Waals surface area contributed by atoms with E-state index in [9.17, 15) is 5.11 Å². The van der Waals surface area contributed by atoms with Gasteiger partial charge in [0.15, 0.2) is 5.82 Å². The highest BCUT2D eigenvalue weighted by Gasteiger charge is 2.09. The van der Waals surface area contributed by atoms with Crippen molar-refractivity contribution in [1.82, 2.24) is 15.0 Å². The number of hydrogen-bond donors (Lipinski definition) is 1. The first kappa shape index (κ1) is 13.1. The zero-order chi connectivity index (χ0) is 12.0. The van der Waals surface area contributed by atoms with Crippen LogP contribution in [0.1, 0.15) is 32.5 Å². The first-order chi connectivity index (χ1) is 7.65. The SMILES string of the molecule is CCN(CC)CCc1noc(CC(C)O)n1. The number of hydrogen-bond acceptors (Lipinski definition) is 5. The van der Waals surface area contributed by atoms with Gasteiger partial charge in [0.05, 0.1) is 12.5 Å². The molecule has 5 nitrogen and oxygen atoms in total. The number of rotatable bonds is 7. The highest BCUT2D eigenvalue weighted by atomic mass is 16.5. The van der Waals surface area contributed by atoms with E-state index in [0.717, 1.165) is 31.9 Å². The minimum absolute atomic E-state index is 0.429. The molecule has 0 saturated heterocycles. The zero-order valence-corrected chi connectivity index (χ0v) is 10.3. The largest absolute Gasteiger partial charge is 0.393 e. The van der Waals surface area contributed by atoms with Gasteiger partial charge in [-0.2, -0.15) is 4.98 Å². The lowest BCUT2D eigenvalue weighted by Gasteiger charge is -2.16. The lowest BCUT2D eigenvalue weighted by molar-refractivity contribution is 0.181. The molecule has 0 fully saturated rings. The molecule has 0 radical (unpaired) electrons. The third-order valence-corrected chi connectivity index (χ3v) is 2.53. The van der Waals surface area contributed by atoms with Gasteiger partial charge in [-0.25, -0.2) is 0 Å². The quantitative estimate of drug-likeness (QED) is 0.749. The van der Waals surface area contributed by atoms with Gasteiger partial charge in [0.25, 0.3) is 0 Å². The Labute approximate surface area is 96.5 Å². The topological polar surface area (TPSA) is 62.4 Å². The third-order valence-electron chi connectivity index (χ3n) is 2.53. The molecule has 0 aliphatic carbocycles. The van der Waals surface area contributed by atoms with Crippen molar-refractivity contribution < 1.29 is 9.63 Å². The molecule has 0 bridgehead atoms. The Balaban J connectivity index is 2.39. The van der Waals surface area contributed by atoms with Crippen LogP contribution in [0.4, 0.5) is 0 Å².